The van der Waals surface area contributed by atoms with Gasteiger partial charge in [-0.2, -0.15) is 0 Å². The minimum absolute atomic E-state index is 0.0978. The molecule has 0 bridgehead atoms. The highest BCUT2D eigenvalue weighted by molar-refractivity contribution is 9.08. The molecular formula is C15H13BrFNO2. The molecule has 1 N–H and O–H groups in total. The van der Waals surface area contributed by atoms with E-state index in [-0.39, 0.29) is 11.3 Å². The van der Waals surface area contributed by atoms with Crippen LogP contribution in [0, 0.1) is 5.82 Å². The second-order valence-corrected chi connectivity index (χ2v) is 4.62. The molecule has 0 spiro atoms. The van der Waals surface area contributed by atoms with E-state index < -0.39 is 11.7 Å². The fourth-order valence-electron chi connectivity index (χ4n) is 1.84. The molecule has 5 heteroatoms. The van der Waals surface area contributed by atoms with Crippen molar-refractivity contribution in [1.82, 2.24) is 0 Å². The molecule has 0 saturated carbocycles. The van der Waals surface area contributed by atoms with Crippen molar-refractivity contribution in [1.29, 1.82) is 0 Å². The Morgan fingerprint density at radius 1 is 1.25 bits per heavy atom. The second kappa shape index (κ2) is 6.52. The number of hydrogen-bond acceptors (Lipinski definition) is 2. The molecule has 2 aromatic carbocycles. The summed E-state index contributed by atoms with van der Waals surface area (Å²) in [6.07, 6.45) is 0. The molecule has 0 aliphatic rings. The molecule has 20 heavy (non-hydrogen) atoms. The van der Waals surface area contributed by atoms with Crippen molar-refractivity contribution < 1.29 is 13.9 Å². The normalized spacial score (nSPS) is 10.2. The minimum atomic E-state index is -0.613. The molecule has 0 aliphatic carbocycles. The Hall–Kier alpha value is -1.88. The fourth-order valence-corrected chi connectivity index (χ4v) is 2.33. The third kappa shape index (κ3) is 2.99. The number of nitrogens with one attached hydrogen (secondary N) is 1. The lowest BCUT2D eigenvalue weighted by molar-refractivity contribution is 0.102. The fraction of sp³-hybridized carbons (Fsp3) is 0.133. The Balaban J connectivity index is 2.33. The lowest BCUT2D eigenvalue weighted by Gasteiger charge is -2.12. The third-order valence-corrected chi connectivity index (χ3v) is 3.44. The lowest BCUT2D eigenvalue weighted by Crippen LogP contribution is -2.16. The molecule has 2 aromatic rings. The first-order valence-electron chi connectivity index (χ1n) is 5.95. The van der Waals surface area contributed by atoms with Crippen molar-refractivity contribution in [2.24, 2.45) is 0 Å². The van der Waals surface area contributed by atoms with E-state index in [1.54, 1.807) is 18.2 Å². The van der Waals surface area contributed by atoms with Gasteiger partial charge < -0.3 is 10.1 Å². The van der Waals surface area contributed by atoms with Gasteiger partial charge in [-0.15, -0.1) is 0 Å². The molecule has 0 unspecified atom stereocenters. The highest BCUT2D eigenvalue weighted by Gasteiger charge is 2.18. The van der Waals surface area contributed by atoms with E-state index in [9.17, 15) is 9.18 Å². The Kier molecular flexibility index (Phi) is 4.74. The zero-order chi connectivity index (χ0) is 14.5. The Morgan fingerprint density at radius 3 is 2.70 bits per heavy atom. The highest BCUT2D eigenvalue weighted by atomic mass is 79.9. The smallest absolute Gasteiger partial charge is 0.262 e. The van der Waals surface area contributed by atoms with E-state index in [2.05, 4.69) is 21.2 Å². The van der Waals surface area contributed by atoms with Crippen LogP contribution in [-0.2, 0) is 5.33 Å². The van der Waals surface area contributed by atoms with Crippen molar-refractivity contribution in [3.05, 3.63) is 59.4 Å². The van der Waals surface area contributed by atoms with E-state index in [0.29, 0.717) is 11.0 Å². The zero-order valence-corrected chi connectivity index (χ0v) is 12.4. The van der Waals surface area contributed by atoms with E-state index in [4.69, 9.17) is 4.74 Å². The third-order valence-electron chi connectivity index (χ3n) is 2.83. The molecule has 1 amide bonds. The number of halogens is 2. The standard InChI is InChI=1S/C15H13BrFNO2/c1-20-13-8-4-6-11(17)14(13)15(19)18-12-7-3-2-5-10(12)9-16/h2-8H,9H2,1H3,(H,18,19). The van der Waals surface area contributed by atoms with E-state index in [1.165, 1.54) is 19.2 Å². The maximum atomic E-state index is 13.8. The average molecular weight is 338 g/mol. The average Bonchev–Trinajstić information content (AvgIpc) is 2.47. The first-order valence-corrected chi connectivity index (χ1v) is 7.07. The number of anilines is 1. The molecule has 2 rings (SSSR count). The summed E-state index contributed by atoms with van der Waals surface area (Å²) < 4.78 is 18.9. The summed E-state index contributed by atoms with van der Waals surface area (Å²) in [5, 5.41) is 3.30. The van der Waals surface area contributed by atoms with Gasteiger partial charge in [-0.1, -0.05) is 40.2 Å². The summed E-state index contributed by atoms with van der Waals surface area (Å²) in [7, 11) is 1.40. The number of rotatable bonds is 4. The first kappa shape index (κ1) is 14.5. The van der Waals surface area contributed by atoms with Gasteiger partial charge in [-0.05, 0) is 23.8 Å². The number of carbonyl (C=O) groups is 1. The van der Waals surface area contributed by atoms with Crippen LogP contribution in [0.4, 0.5) is 10.1 Å². The number of hydrogen-bond donors (Lipinski definition) is 1. The van der Waals surface area contributed by atoms with Gasteiger partial charge in [0.2, 0.25) is 0 Å². The van der Waals surface area contributed by atoms with Crippen molar-refractivity contribution in [2.45, 2.75) is 5.33 Å². The molecule has 0 aliphatic heterocycles. The Morgan fingerprint density at radius 2 is 2.00 bits per heavy atom. The van der Waals surface area contributed by atoms with Gasteiger partial charge in [0.25, 0.3) is 5.91 Å². The number of amides is 1. The van der Waals surface area contributed by atoms with E-state index in [1.807, 2.05) is 12.1 Å². The summed E-state index contributed by atoms with van der Waals surface area (Å²) in [4.78, 5) is 12.2. The van der Waals surface area contributed by atoms with Crippen molar-refractivity contribution in [3.63, 3.8) is 0 Å². The van der Waals surface area contributed by atoms with Crippen molar-refractivity contribution in [3.8, 4) is 5.75 Å². The predicted octanol–water partition coefficient (Wildman–Crippen LogP) is 3.98. The van der Waals surface area contributed by atoms with Gasteiger partial charge in [0, 0.05) is 11.0 Å². The van der Waals surface area contributed by atoms with E-state index in [0.717, 1.165) is 5.56 Å². The second-order valence-electron chi connectivity index (χ2n) is 4.06. The molecule has 0 atom stereocenters. The molecule has 0 fully saturated rings. The molecule has 0 aromatic heterocycles. The van der Waals surface area contributed by atoms with Gasteiger partial charge in [-0.3, -0.25) is 4.79 Å². The van der Waals surface area contributed by atoms with Crippen molar-refractivity contribution in [2.75, 3.05) is 12.4 Å². The van der Waals surface area contributed by atoms with Crippen LogP contribution in [0.15, 0.2) is 42.5 Å². The van der Waals surface area contributed by atoms with Crippen LogP contribution in [-0.4, -0.2) is 13.0 Å². The van der Waals surface area contributed by atoms with Crippen LogP contribution in [0.3, 0.4) is 0 Å². The van der Waals surface area contributed by atoms with Gasteiger partial charge >= 0.3 is 0 Å². The topological polar surface area (TPSA) is 38.3 Å². The predicted molar refractivity (Wildman–Crippen MR) is 80.0 cm³/mol. The molecule has 0 radical (unpaired) electrons. The molecule has 0 saturated heterocycles. The molecule has 3 nitrogen and oxygen atoms in total. The number of alkyl halides is 1. The summed E-state index contributed by atoms with van der Waals surface area (Å²) in [6.45, 7) is 0. The SMILES string of the molecule is COc1cccc(F)c1C(=O)Nc1ccccc1CBr. The van der Waals surface area contributed by atoms with Gasteiger partial charge in [0.05, 0.1) is 7.11 Å². The van der Waals surface area contributed by atoms with Crippen LogP contribution >= 0.6 is 15.9 Å². The number of methoxy groups -OCH3 is 1. The van der Waals surface area contributed by atoms with Gasteiger partial charge in [0.1, 0.15) is 17.1 Å². The van der Waals surface area contributed by atoms with E-state index >= 15 is 0 Å². The quantitative estimate of drug-likeness (QED) is 0.857. The van der Waals surface area contributed by atoms with Crippen LogP contribution in [0.2, 0.25) is 0 Å². The molecule has 104 valence electrons. The lowest BCUT2D eigenvalue weighted by atomic mass is 10.1. The number of para-hydroxylation sites is 1. The summed E-state index contributed by atoms with van der Waals surface area (Å²) in [6, 6.07) is 11.6. The molecular weight excluding hydrogens is 325 g/mol. The van der Waals surface area contributed by atoms with Gasteiger partial charge in [0.15, 0.2) is 0 Å². The maximum Gasteiger partial charge on any atom is 0.262 e. The summed E-state index contributed by atoms with van der Waals surface area (Å²) in [5.74, 6) is -0.939. The maximum absolute atomic E-state index is 13.8. The van der Waals surface area contributed by atoms with Crippen molar-refractivity contribution >= 4 is 27.5 Å². The van der Waals surface area contributed by atoms with Crippen LogP contribution in [0.25, 0.3) is 0 Å². The summed E-state index contributed by atoms with van der Waals surface area (Å²) in [5.41, 5.74) is 1.45. The summed E-state index contributed by atoms with van der Waals surface area (Å²) >= 11 is 3.35. The Labute approximate surface area is 124 Å². The number of benzene rings is 2. The zero-order valence-electron chi connectivity index (χ0n) is 10.8. The number of carbonyl (C=O) groups excluding carboxylic acids is 1. The molecule has 0 heterocycles. The number of ether oxygens (including phenoxy) is 1. The van der Waals surface area contributed by atoms with Crippen LogP contribution < -0.4 is 10.1 Å². The monoisotopic (exact) mass is 337 g/mol. The van der Waals surface area contributed by atoms with Crippen LogP contribution in [0.5, 0.6) is 5.75 Å². The van der Waals surface area contributed by atoms with Gasteiger partial charge in [-0.25, -0.2) is 4.39 Å². The minimum Gasteiger partial charge on any atom is -0.496 e. The largest absolute Gasteiger partial charge is 0.496 e. The Bertz CT molecular complexity index is 631. The van der Waals surface area contributed by atoms with Crippen LogP contribution in [0.1, 0.15) is 15.9 Å². The first-order chi connectivity index (χ1) is 9.67. The highest BCUT2D eigenvalue weighted by Crippen LogP contribution is 2.24.